The summed E-state index contributed by atoms with van der Waals surface area (Å²) in [6.45, 7) is 8.68. The van der Waals surface area contributed by atoms with Crippen LogP contribution in [-0.2, 0) is 16.0 Å². The number of rotatable bonds is 8. The van der Waals surface area contributed by atoms with E-state index in [0.717, 1.165) is 22.6 Å². The van der Waals surface area contributed by atoms with Crippen LogP contribution in [0.25, 0.3) is 5.69 Å². The van der Waals surface area contributed by atoms with E-state index in [-0.39, 0.29) is 31.2 Å². The van der Waals surface area contributed by atoms with E-state index < -0.39 is 5.97 Å². The first kappa shape index (κ1) is 19.7. The smallest absolute Gasteiger partial charge is 0.305 e. The van der Waals surface area contributed by atoms with Crippen molar-refractivity contribution in [3.63, 3.8) is 0 Å². The molecule has 0 saturated heterocycles. The van der Waals surface area contributed by atoms with Crippen molar-refractivity contribution >= 4 is 11.9 Å². The molecule has 140 valence electrons. The quantitative estimate of drug-likeness (QED) is 0.788. The second kappa shape index (κ2) is 8.65. The van der Waals surface area contributed by atoms with Crippen molar-refractivity contribution < 1.29 is 14.7 Å². The number of carbonyl (C=O) groups excluding carboxylic acids is 1. The Hall–Kier alpha value is -2.63. The van der Waals surface area contributed by atoms with Gasteiger partial charge in [0.25, 0.3) is 0 Å². The molecule has 0 saturated carbocycles. The Bertz CT molecular complexity index is 766. The van der Waals surface area contributed by atoms with Crippen molar-refractivity contribution in [1.29, 1.82) is 0 Å². The van der Waals surface area contributed by atoms with Crippen molar-refractivity contribution in [1.82, 2.24) is 14.7 Å². The molecule has 1 amide bonds. The topological polar surface area (TPSA) is 75.4 Å². The molecule has 0 bridgehead atoms. The summed E-state index contributed by atoms with van der Waals surface area (Å²) in [6.07, 6.45) is 0.191. The highest BCUT2D eigenvalue weighted by atomic mass is 16.4. The lowest BCUT2D eigenvalue weighted by molar-refractivity contribution is -0.138. The molecular weight excluding hydrogens is 330 g/mol. The van der Waals surface area contributed by atoms with Gasteiger partial charge in [0, 0.05) is 24.3 Å². The van der Waals surface area contributed by atoms with E-state index in [2.05, 4.69) is 5.10 Å². The van der Waals surface area contributed by atoms with Gasteiger partial charge in [-0.2, -0.15) is 5.10 Å². The largest absolute Gasteiger partial charge is 0.481 e. The van der Waals surface area contributed by atoms with Crippen LogP contribution in [-0.4, -0.2) is 44.8 Å². The number of hydrogen-bond donors (Lipinski definition) is 1. The zero-order valence-corrected chi connectivity index (χ0v) is 15.9. The van der Waals surface area contributed by atoms with Crippen molar-refractivity contribution in [3.05, 3.63) is 47.3 Å². The number of carboxylic acid groups (broad SMARTS) is 1. The second-order valence-corrected chi connectivity index (χ2v) is 6.95. The van der Waals surface area contributed by atoms with Crippen molar-refractivity contribution in [2.24, 2.45) is 5.92 Å². The molecule has 26 heavy (non-hydrogen) atoms. The van der Waals surface area contributed by atoms with E-state index in [4.69, 9.17) is 5.11 Å². The van der Waals surface area contributed by atoms with Gasteiger partial charge in [0.05, 0.1) is 24.2 Å². The molecule has 1 heterocycles. The Balaban J connectivity index is 2.21. The summed E-state index contributed by atoms with van der Waals surface area (Å²) in [4.78, 5) is 25.3. The molecule has 1 aromatic carbocycles. The summed E-state index contributed by atoms with van der Waals surface area (Å²) in [5.41, 5.74) is 3.62. The minimum Gasteiger partial charge on any atom is -0.481 e. The first-order valence-corrected chi connectivity index (χ1v) is 8.89. The maximum absolute atomic E-state index is 12.8. The number of para-hydroxylation sites is 1. The average Bonchev–Trinajstić information content (AvgIpc) is 2.87. The zero-order valence-electron chi connectivity index (χ0n) is 15.9. The van der Waals surface area contributed by atoms with E-state index in [1.54, 1.807) is 4.90 Å². The summed E-state index contributed by atoms with van der Waals surface area (Å²) < 4.78 is 1.85. The Morgan fingerprint density at radius 2 is 1.85 bits per heavy atom. The summed E-state index contributed by atoms with van der Waals surface area (Å²) in [7, 11) is 0. The van der Waals surface area contributed by atoms with Crippen molar-refractivity contribution in [2.75, 3.05) is 13.1 Å². The van der Waals surface area contributed by atoms with Crippen LogP contribution in [0.5, 0.6) is 0 Å². The molecule has 1 N–H and O–H groups in total. The molecular formula is C20H27N3O3. The number of aliphatic carboxylic acids is 1. The first-order chi connectivity index (χ1) is 12.3. The highest BCUT2D eigenvalue weighted by Crippen LogP contribution is 2.19. The highest BCUT2D eigenvalue weighted by molar-refractivity contribution is 5.80. The van der Waals surface area contributed by atoms with Gasteiger partial charge in [-0.1, -0.05) is 32.0 Å². The normalized spacial score (nSPS) is 11.0. The van der Waals surface area contributed by atoms with E-state index >= 15 is 0 Å². The first-order valence-electron chi connectivity index (χ1n) is 8.89. The number of carbonyl (C=O) groups is 2. The fourth-order valence-corrected chi connectivity index (χ4v) is 3.00. The molecule has 0 aliphatic rings. The lowest BCUT2D eigenvalue weighted by atomic mass is 10.1. The Morgan fingerprint density at radius 1 is 1.19 bits per heavy atom. The maximum atomic E-state index is 12.8. The fraction of sp³-hybridized carbons (Fsp3) is 0.450. The van der Waals surface area contributed by atoms with Crippen LogP contribution in [0.2, 0.25) is 0 Å². The summed E-state index contributed by atoms with van der Waals surface area (Å²) >= 11 is 0. The molecule has 6 nitrogen and oxygen atoms in total. The van der Waals surface area contributed by atoms with E-state index in [1.165, 1.54) is 0 Å². The SMILES string of the molecule is Cc1nn(-c2ccccc2)c(C)c1CC(=O)N(CCC(=O)O)CC(C)C. The van der Waals surface area contributed by atoms with Crippen molar-refractivity contribution in [3.8, 4) is 5.69 Å². The molecule has 0 radical (unpaired) electrons. The Labute approximate surface area is 154 Å². The van der Waals surface area contributed by atoms with Crippen LogP contribution in [0.1, 0.15) is 37.2 Å². The predicted octanol–water partition coefficient (Wildman–Crippen LogP) is 2.99. The van der Waals surface area contributed by atoms with Crippen molar-refractivity contribution in [2.45, 2.75) is 40.5 Å². The highest BCUT2D eigenvalue weighted by Gasteiger charge is 2.21. The number of aromatic nitrogens is 2. The summed E-state index contributed by atoms with van der Waals surface area (Å²) in [5, 5.41) is 13.5. The van der Waals surface area contributed by atoms with Crippen LogP contribution in [0.3, 0.4) is 0 Å². The number of benzene rings is 1. The van der Waals surface area contributed by atoms with Gasteiger partial charge < -0.3 is 10.0 Å². The molecule has 2 aromatic rings. The molecule has 2 rings (SSSR count). The minimum absolute atomic E-state index is 0.0420. The number of hydrogen-bond acceptors (Lipinski definition) is 3. The van der Waals surface area contributed by atoms with Gasteiger partial charge in [-0.3, -0.25) is 9.59 Å². The van der Waals surface area contributed by atoms with Gasteiger partial charge in [-0.05, 0) is 31.9 Å². The van der Waals surface area contributed by atoms with Crippen LogP contribution in [0.15, 0.2) is 30.3 Å². The lowest BCUT2D eigenvalue weighted by Gasteiger charge is -2.24. The van der Waals surface area contributed by atoms with Gasteiger partial charge in [-0.15, -0.1) is 0 Å². The Morgan fingerprint density at radius 3 is 2.42 bits per heavy atom. The van der Waals surface area contributed by atoms with E-state index in [1.807, 2.05) is 62.7 Å². The van der Waals surface area contributed by atoms with Crippen LogP contribution < -0.4 is 0 Å². The third kappa shape index (κ3) is 4.94. The number of aryl methyl sites for hydroxylation is 1. The molecule has 0 unspecified atom stereocenters. The van der Waals surface area contributed by atoms with Crippen LogP contribution in [0.4, 0.5) is 0 Å². The van der Waals surface area contributed by atoms with Gasteiger partial charge in [0.1, 0.15) is 0 Å². The van der Waals surface area contributed by atoms with E-state index in [9.17, 15) is 9.59 Å². The zero-order chi connectivity index (χ0) is 19.3. The number of carboxylic acids is 1. The maximum Gasteiger partial charge on any atom is 0.305 e. The van der Waals surface area contributed by atoms with Crippen LogP contribution >= 0.6 is 0 Å². The molecule has 6 heteroatoms. The average molecular weight is 357 g/mol. The monoisotopic (exact) mass is 357 g/mol. The fourth-order valence-electron chi connectivity index (χ4n) is 3.00. The number of nitrogens with zero attached hydrogens (tertiary/aromatic N) is 3. The number of amides is 1. The minimum atomic E-state index is -0.893. The molecule has 0 fully saturated rings. The van der Waals surface area contributed by atoms with Gasteiger partial charge in [0.15, 0.2) is 0 Å². The van der Waals surface area contributed by atoms with Gasteiger partial charge >= 0.3 is 5.97 Å². The molecule has 0 aliphatic carbocycles. The Kier molecular flexibility index (Phi) is 6.55. The second-order valence-electron chi connectivity index (χ2n) is 6.95. The molecule has 1 aromatic heterocycles. The van der Waals surface area contributed by atoms with Gasteiger partial charge in [-0.25, -0.2) is 4.68 Å². The molecule has 0 aliphatic heterocycles. The van der Waals surface area contributed by atoms with E-state index in [0.29, 0.717) is 6.54 Å². The molecule has 0 atom stereocenters. The summed E-state index contributed by atoms with van der Waals surface area (Å²) in [6, 6.07) is 9.80. The standard InChI is InChI=1S/C20H27N3O3/c1-14(2)13-22(11-10-20(25)26)19(24)12-18-15(3)21-23(16(18)4)17-8-6-5-7-9-17/h5-9,14H,10-13H2,1-4H3,(H,25,26). The van der Waals surface area contributed by atoms with Crippen LogP contribution in [0, 0.1) is 19.8 Å². The van der Waals surface area contributed by atoms with Gasteiger partial charge in [0.2, 0.25) is 5.91 Å². The molecule has 0 spiro atoms. The summed E-state index contributed by atoms with van der Waals surface area (Å²) in [5.74, 6) is -0.670. The third-order valence-corrected chi connectivity index (χ3v) is 4.30. The lowest BCUT2D eigenvalue weighted by Crippen LogP contribution is -2.37. The third-order valence-electron chi connectivity index (χ3n) is 4.30. The predicted molar refractivity (Wildman–Crippen MR) is 100 cm³/mol.